The molecule has 2 aromatic carbocycles. The maximum absolute atomic E-state index is 9.38. The maximum Gasteiger partial charge on any atom is 0.245 e. The van der Waals surface area contributed by atoms with Crippen LogP contribution in [0.3, 0.4) is 0 Å². The highest BCUT2D eigenvalue weighted by Gasteiger charge is 2.14. The first-order valence-corrected chi connectivity index (χ1v) is 7.76. The highest BCUT2D eigenvalue weighted by molar-refractivity contribution is 5.76. The van der Waals surface area contributed by atoms with E-state index < -0.39 is 0 Å². The average molecular weight is 326 g/mol. The molecule has 0 radical (unpaired) electrons. The van der Waals surface area contributed by atoms with Gasteiger partial charge in [-0.3, -0.25) is 0 Å². The van der Waals surface area contributed by atoms with Gasteiger partial charge in [0.25, 0.3) is 0 Å². The molecule has 0 N–H and O–H groups in total. The van der Waals surface area contributed by atoms with Crippen molar-refractivity contribution in [2.45, 2.75) is 0 Å². The molecule has 0 amide bonds. The summed E-state index contributed by atoms with van der Waals surface area (Å²) in [6, 6.07) is 19.6. The van der Waals surface area contributed by atoms with Gasteiger partial charge in [0, 0.05) is 12.6 Å². The Hall–Kier alpha value is -3.72. The molecule has 0 aliphatic heterocycles. The first-order chi connectivity index (χ1) is 12.3. The Morgan fingerprint density at radius 3 is 2.56 bits per heavy atom. The third kappa shape index (κ3) is 2.58. The van der Waals surface area contributed by atoms with Crippen molar-refractivity contribution in [3.63, 3.8) is 0 Å². The molecule has 0 aliphatic carbocycles. The first-order valence-electron chi connectivity index (χ1n) is 7.76. The predicted molar refractivity (Wildman–Crippen MR) is 95.7 cm³/mol. The van der Waals surface area contributed by atoms with E-state index in [0.717, 1.165) is 16.6 Å². The summed E-state index contributed by atoms with van der Waals surface area (Å²) < 4.78 is 1.88. The van der Waals surface area contributed by atoms with Gasteiger partial charge in [0.15, 0.2) is 0 Å². The second kappa shape index (κ2) is 6.06. The van der Waals surface area contributed by atoms with Gasteiger partial charge in [-0.25, -0.2) is 24.6 Å². The van der Waals surface area contributed by atoms with Gasteiger partial charge in [0.2, 0.25) is 5.95 Å². The number of nitrogens with zero attached hydrogens (tertiary/aromatic N) is 6. The Balaban J connectivity index is 1.82. The lowest BCUT2D eigenvalue weighted by atomic mass is 10.1. The van der Waals surface area contributed by atoms with E-state index in [4.69, 9.17) is 0 Å². The van der Waals surface area contributed by atoms with E-state index in [1.807, 2.05) is 71.3 Å². The molecule has 4 aromatic rings. The van der Waals surface area contributed by atoms with E-state index in [2.05, 4.69) is 21.0 Å². The smallest absolute Gasteiger partial charge is 0.245 e. The molecule has 0 atom stereocenters. The molecular weight excluding hydrogens is 312 g/mol. The van der Waals surface area contributed by atoms with Crippen LogP contribution in [-0.2, 0) is 0 Å². The molecule has 0 bridgehead atoms. The number of hydrogen-bond acceptors (Lipinski definition) is 5. The summed E-state index contributed by atoms with van der Waals surface area (Å²) in [5, 5.41) is 11.2. The van der Waals surface area contributed by atoms with Crippen molar-refractivity contribution < 1.29 is 0 Å². The second-order valence-electron chi connectivity index (χ2n) is 5.51. The molecule has 0 saturated carbocycles. The summed E-state index contributed by atoms with van der Waals surface area (Å²) >= 11 is 0. The SMILES string of the molecule is CN(c1ncc(C#N)c(-c2ccccc2)n1)n1cnc2ccccc21. The number of para-hydroxylation sites is 2. The third-order valence-electron chi connectivity index (χ3n) is 3.99. The Kier molecular flexibility index (Phi) is 3.60. The largest absolute Gasteiger partial charge is 0.249 e. The van der Waals surface area contributed by atoms with Crippen molar-refractivity contribution in [2.75, 3.05) is 12.1 Å². The minimum absolute atomic E-state index is 0.443. The fourth-order valence-electron chi connectivity index (χ4n) is 2.71. The number of nitriles is 1. The number of benzene rings is 2. The lowest BCUT2D eigenvalue weighted by Gasteiger charge is -2.19. The van der Waals surface area contributed by atoms with Crippen molar-refractivity contribution in [3.8, 4) is 17.3 Å². The number of rotatable bonds is 3. The van der Waals surface area contributed by atoms with E-state index in [1.165, 1.54) is 0 Å². The van der Waals surface area contributed by atoms with Gasteiger partial charge >= 0.3 is 0 Å². The van der Waals surface area contributed by atoms with Crippen LogP contribution in [0, 0.1) is 11.3 Å². The highest BCUT2D eigenvalue weighted by atomic mass is 15.6. The van der Waals surface area contributed by atoms with Gasteiger partial charge < -0.3 is 0 Å². The quantitative estimate of drug-likeness (QED) is 0.578. The van der Waals surface area contributed by atoms with Crippen molar-refractivity contribution in [3.05, 3.63) is 72.7 Å². The number of aromatic nitrogens is 4. The van der Waals surface area contributed by atoms with Crippen LogP contribution >= 0.6 is 0 Å². The Morgan fingerprint density at radius 2 is 1.76 bits per heavy atom. The van der Waals surface area contributed by atoms with E-state index in [1.54, 1.807) is 12.5 Å². The summed E-state index contributed by atoms with van der Waals surface area (Å²) in [4.78, 5) is 13.4. The van der Waals surface area contributed by atoms with Gasteiger partial charge in [-0.2, -0.15) is 5.26 Å². The van der Waals surface area contributed by atoms with Crippen molar-refractivity contribution in [2.24, 2.45) is 0 Å². The molecule has 6 heteroatoms. The van der Waals surface area contributed by atoms with E-state index in [-0.39, 0.29) is 0 Å². The fraction of sp³-hybridized carbons (Fsp3) is 0.0526. The highest BCUT2D eigenvalue weighted by Crippen LogP contribution is 2.23. The summed E-state index contributed by atoms with van der Waals surface area (Å²) in [5.74, 6) is 0.487. The second-order valence-corrected chi connectivity index (χ2v) is 5.51. The molecule has 0 spiro atoms. The molecule has 2 aromatic heterocycles. The molecule has 4 rings (SSSR count). The van der Waals surface area contributed by atoms with Crippen molar-refractivity contribution in [1.82, 2.24) is 19.6 Å². The molecule has 6 nitrogen and oxygen atoms in total. The minimum atomic E-state index is 0.443. The lowest BCUT2D eigenvalue weighted by Crippen LogP contribution is -2.25. The average Bonchev–Trinajstić information content (AvgIpc) is 3.11. The van der Waals surface area contributed by atoms with Crippen LogP contribution in [0.4, 0.5) is 5.95 Å². The first kappa shape index (κ1) is 14.8. The topological polar surface area (TPSA) is 70.6 Å². The normalized spacial score (nSPS) is 10.6. The Bertz CT molecular complexity index is 1080. The molecule has 0 aliphatic rings. The molecule has 0 fully saturated rings. The van der Waals surface area contributed by atoms with Crippen LogP contribution < -0.4 is 5.01 Å². The minimum Gasteiger partial charge on any atom is -0.249 e. The molecule has 0 unspecified atom stereocenters. The van der Waals surface area contributed by atoms with Crippen molar-refractivity contribution >= 4 is 17.0 Å². The van der Waals surface area contributed by atoms with Crippen LogP contribution in [-0.4, -0.2) is 26.7 Å². The van der Waals surface area contributed by atoms with E-state index in [9.17, 15) is 5.26 Å². The van der Waals surface area contributed by atoms with Gasteiger partial charge in [0.05, 0.1) is 28.5 Å². The van der Waals surface area contributed by atoms with Gasteiger partial charge in [-0.1, -0.05) is 42.5 Å². The van der Waals surface area contributed by atoms with Crippen LogP contribution in [0.2, 0.25) is 0 Å². The molecule has 120 valence electrons. The zero-order chi connectivity index (χ0) is 17.2. The predicted octanol–water partition coefficient (Wildman–Crippen LogP) is 3.26. The number of anilines is 1. The summed E-state index contributed by atoms with van der Waals surface area (Å²) in [5.41, 5.74) is 3.79. The van der Waals surface area contributed by atoms with Crippen molar-refractivity contribution in [1.29, 1.82) is 5.26 Å². The van der Waals surface area contributed by atoms with Crippen LogP contribution in [0.25, 0.3) is 22.3 Å². The zero-order valence-electron chi connectivity index (χ0n) is 13.5. The van der Waals surface area contributed by atoms with Crippen LogP contribution in [0.5, 0.6) is 0 Å². The van der Waals surface area contributed by atoms with Gasteiger partial charge in [0.1, 0.15) is 12.4 Å². The summed E-state index contributed by atoms with van der Waals surface area (Å²) in [7, 11) is 1.87. The fourth-order valence-corrected chi connectivity index (χ4v) is 2.71. The summed E-state index contributed by atoms with van der Waals surface area (Å²) in [6.07, 6.45) is 3.29. The van der Waals surface area contributed by atoms with E-state index >= 15 is 0 Å². The van der Waals surface area contributed by atoms with Crippen LogP contribution in [0.1, 0.15) is 5.56 Å². The van der Waals surface area contributed by atoms with E-state index in [0.29, 0.717) is 17.2 Å². The Morgan fingerprint density at radius 1 is 1.00 bits per heavy atom. The number of hydrogen-bond donors (Lipinski definition) is 0. The lowest BCUT2D eigenvalue weighted by molar-refractivity contribution is 0.763. The zero-order valence-corrected chi connectivity index (χ0v) is 13.5. The molecule has 25 heavy (non-hydrogen) atoms. The third-order valence-corrected chi connectivity index (χ3v) is 3.99. The van der Waals surface area contributed by atoms with Gasteiger partial charge in [-0.15, -0.1) is 0 Å². The Labute approximate surface area is 144 Å². The number of fused-ring (bicyclic) bond motifs is 1. The molecular formula is C19H14N6. The number of imidazole rings is 1. The van der Waals surface area contributed by atoms with Crippen LogP contribution in [0.15, 0.2) is 67.1 Å². The van der Waals surface area contributed by atoms with Gasteiger partial charge in [-0.05, 0) is 12.1 Å². The standard InChI is InChI=1S/C19H14N6/c1-24(25-13-22-16-9-5-6-10-17(16)25)19-21-12-15(11-20)18(23-19)14-7-3-2-4-8-14/h2-10,12-13H,1H3. The summed E-state index contributed by atoms with van der Waals surface area (Å²) in [6.45, 7) is 0. The maximum atomic E-state index is 9.38. The molecule has 0 saturated heterocycles. The molecule has 2 heterocycles. The monoisotopic (exact) mass is 326 g/mol.